The normalized spacial score (nSPS) is 10.9. The van der Waals surface area contributed by atoms with Crippen LogP contribution in [0.1, 0.15) is 50.1 Å². The van der Waals surface area contributed by atoms with Gasteiger partial charge >= 0.3 is 0 Å². The van der Waals surface area contributed by atoms with Crippen LogP contribution in [0.15, 0.2) is 219 Å². The first-order chi connectivity index (χ1) is 37.4. The molecule has 0 saturated carbocycles. The van der Waals surface area contributed by atoms with Crippen LogP contribution in [0.2, 0.25) is 0 Å². The van der Waals surface area contributed by atoms with E-state index in [4.69, 9.17) is 19.3 Å². The second-order valence-electron chi connectivity index (χ2n) is 16.9. The van der Waals surface area contributed by atoms with Crippen LogP contribution in [0.25, 0.3) is 82.8 Å². The average Bonchev–Trinajstić information content (AvgIpc) is 3.50. The van der Waals surface area contributed by atoms with Crippen LogP contribution in [0.3, 0.4) is 0 Å². The fourth-order valence-corrected chi connectivity index (χ4v) is 7.44. The minimum atomic E-state index is 0. The molecular weight excluding hydrogens is 1040 g/mol. The number of pyridine rings is 6. The van der Waals surface area contributed by atoms with Crippen LogP contribution in [0.4, 0.5) is 0 Å². The summed E-state index contributed by atoms with van der Waals surface area (Å²) in [6.45, 7) is 0.0546. The van der Waals surface area contributed by atoms with E-state index in [9.17, 15) is 0 Å². The number of nitrogens with zero attached hydrogens (tertiary/aromatic N) is 6. The first-order valence-electron chi connectivity index (χ1n) is 24.5. The molecule has 77 heavy (non-hydrogen) atoms. The van der Waals surface area contributed by atoms with E-state index >= 15 is 0 Å². The smallest absolute Gasteiger partial charge is 0.118 e. The molecule has 0 saturated heterocycles. The zero-order chi connectivity index (χ0) is 52.6. The molecule has 0 radical (unpaired) electrons. The average molecular weight is 1100 g/mol. The van der Waals surface area contributed by atoms with Crippen molar-refractivity contribution in [3.05, 3.63) is 269 Å². The zero-order valence-corrected chi connectivity index (χ0v) is 44.6. The van der Waals surface area contributed by atoms with Crippen molar-refractivity contribution in [2.45, 2.75) is 6.61 Å². The minimum Gasteiger partial charge on any atom is -0.497 e. The SMILES string of the molecule is COc1ccc(/C=C/c2ccnc(-c3cc(/C=C/c4ccc(CO)cc4)ccn3)c2)cc1.COc1ccc(/C=C/c2ccnc(-c3cc(/C=C/c4ccc(OC)cc4)ccn3)c2)cc1.[Ru].c1ccc(-c2ccccn2)nc1. The topological polar surface area (TPSA) is 125 Å². The summed E-state index contributed by atoms with van der Waals surface area (Å²) in [5.41, 5.74) is 14.6. The van der Waals surface area contributed by atoms with Gasteiger partial charge in [-0.3, -0.25) is 29.9 Å². The molecule has 0 aliphatic rings. The minimum absolute atomic E-state index is 0. The Labute approximate surface area is 463 Å². The van der Waals surface area contributed by atoms with Gasteiger partial charge in [-0.05, 0) is 159 Å². The number of ether oxygens (including phenoxy) is 3. The summed E-state index contributed by atoms with van der Waals surface area (Å²) in [4.78, 5) is 26.4. The summed E-state index contributed by atoms with van der Waals surface area (Å²) in [6.07, 6.45) is 27.2. The molecule has 0 unspecified atom stereocenters. The van der Waals surface area contributed by atoms with Crippen molar-refractivity contribution in [3.63, 3.8) is 0 Å². The summed E-state index contributed by atoms with van der Waals surface area (Å²) in [6, 6.07) is 59.3. The van der Waals surface area contributed by atoms with Gasteiger partial charge in [0.15, 0.2) is 0 Å². The molecule has 6 aromatic heterocycles. The van der Waals surface area contributed by atoms with Crippen molar-refractivity contribution in [3.8, 4) is 51.4 Å². The summed E-state index contributed by atoms with van der Waals surface area (Å²) in [5.74, 6) is 2.54. The molecule has 0 atom stereocenters. The van der Waals surface area contributed by atoms with Gasteiger partial charge in [0.2, 0.25) is 0 Å². The summed E-state index contributed by atoms with van der Waals surface area (Å²) in [5, 5.41) is 9.17. The second-order valence-corrected chi connectivity index (χ2v) is 16.9. The van der Waals surface area contributed by atoms with Gasteiger partial charge in [0.05, 0.1) is 62.1 Å². The van der Waals surface area contributed by atoms with Gasteiger partial charge in [-0.1, -0.05) is 121 Å². The fourth-order valence-electron chi connectivity index (χ4n) is 7.44. The second kappa shape index (κ2) is 29.6. The molecule has 6 heterocycles. The molecule has 1 N–H and O–H groups in total. The third-order valence-electron chi connectivity index (χ3n) is 11.6. The molecule has 0 amide bonds. The maximum absolute atomic E-state index is 9.17. The van der Waals surface area contributed by atoms with Gasteiger partial charge in [-0.25, -0.2) is 0 Å². The fraction of sp³-hybridized carbons (Fsp3) is 0.0606. The van der Waals surface area contributed by atoms with Crippen molar-refractivity contribution in [1.29, 1.82) is 0 Å². The standard InChI is InChI=1S/2C28H24N2O2.C10H8N2.Ru/c1-32-26-12-10-22(11-13-26)3-7-24-15-17-30-28(19-24)27-18-23(14-16-29-27)6-2-21-4-8-25(20-31)9-5-21;1-31-25-11-7-21(8-12-25)3-5-23-15-17-29-27(19-23)28-20-24(16-18-30-28)6-4-22-9-13-26(32-2)14-10-22;1-3-7-11-9(5-1)10-6-2-4-8-12-10;/h2-19,31H,20H2,1H3;3-20H,1-2H3;1-8H;/b6-2+,7-3+;5-3+,6-4+;;. The molecule has 382 valence electrons. The first kappa shape index (κ1) is 55.5. The Kier molecular flexibility index (Phi) is 21.3. The quantitative estimate of drug-likeness (QED) is 0.0992. The maximum Gasteiger partial charge on any atom is 0.118 e. The van der Waals surface area contributed by atoms with Crippen molar-refractivity contribution in [2.75, 3.05) is 21.3 Å². The third kappa shape index (κ3) is 17.4. The Morgan fingerprint density at radius 1 is 0.299 bits per heavy atom. The number of aliphatic hydroxyl groups is 1. The Morgan fingerprint density at radius 2 is 0.558 bits per heavy atom. The summed E-state index contributed by atoms with van der Waals surface area (Å²) in [7, 11) is 5.00. The predicted molar refractivity (Wildman–Crippen MR) is 309 cm³/mol. The van der Waals surface area contributed by atoms with E-state index in [1.807, 2.05) is 207 Å². The molecule has 10 nitrogen and oxygen atoms in total. The van der Waals surface area contributed by atoms with E-state index < -0.39 is 0 Å². The van der Waals surface area contributed by atoms with Crippen LogP contribution >= 0.6 is 0 Å². The van der Waals surface area contributed by atoms with Gasteiger partial charge < -0.3 is 19.3 Å². The van der Waals surface area contributed by atoms with Crippen LogP contribution < -0.4 is 14.2 Å². The van der Waals surface area contributed by atoms with E-state index in [0.717, 1.165) is 101 Å². The van der Waals surface area contributed by atoms with E-state index in [0.29, 0.717) is 0 Å². The number of rotatable bonds is 15. The Morgan fingerprint density at radius 3 is 0.805 bits per heavy atom. The molecule has 4 aromatic carbocycles. The first-order valence-corrected chi connectivity index (χ1v) is 24.5. The third-order valence-corrected chi connectivity index (χ3v) is 11.6. The van der Waals surface area contributed by atoms with Gasteiger partial charge in [-0.15, -0.1) is 0 Å². The number of hydrogen-bond donors (Lipinski definition) is 1. The molecule has 0 aliphatic carbocycles. The maximum atomic E-state index is 9.17. The van der Waals surface area contributed by atoms with Gasteiger partial charge in [0, 0.05) is 56.7 Å². The number of benzene rings is 4. The molecule has 10 rings (SSSR count). The van der Waals surface area contributed by atoms with Crippen molar-refractivity contribution < 1.29 is 38.8 Å². The van der Waals surface area contributed by atoms with Crippen LogP contribution in [-0.2, 0) is 26.1 Å². The Bertz CT molecular complexity index is 3070. The van der Waals surface area contributed by atoms with Crippen molar-refractivity contribution >= 4 is 48.6 Å². The number of aromatic nitrogens is 6. The van der Waals surface area contributed by atoms with E-state index in [2.05, 4.69) is 66.4 Å². The molecule has 0 spiro atoms. The van der Waals surface area contributed by atoms with E-state index in [1.54, 1.807) is 46.1 Å². The predicted octanol–water partition coefficient (Wildman–Crippen LogP) is 14.6. The summed E-state index contributed by atoms with van der Waals surface area (Å²) < 4.78 is 15.6. The Balaban J connectivity index is 0.000000182. The molecular formula is C66H56N6O4Ru. The molecule has 0 aliphatic heterocycles. The van der Waals surface area contributed by atoms with Gasteiger partial charge in [0.1, 0.15) is 17.2 Å². The van der Waals surface area contributed by atoms with Gasteiger partial charge in [-0.2, -0.15) is 0 Å². The largest absolute Gasteiger partial charge is 0.497 e. The number of hydrogen-bond acceptors (Lipinski definition) is 10. The van der Waals surface area contributed by atoms with Crippen LogP contribution in [-0.4, -0.2) is 56.3 Å². The monoisotopic (exact) mass is 1100 g/mol. The van der Waals surface area contributed by atoms with Crippen LogP contribution in [0.5, 0.6) is 17.2 Å². The van der Waals surface area contributed by atoms with E-state index in [-0.39, 0.29) is 26.1 Å². The van der Waals surface area contributed by atoms with Gasteiger partial charge in [0.25, 0.3) is 0 Å². The van der Waals surface area contributed by atoms with Crippen molar-refractivity contribution in [1.82, 2.24) is 29.9 Å². The Hall–Kier alpha value is -9.28. The molecule has 0 fully saturated rings. The van der Waals surface area contributed by atoms with Crippen LogP contribution in [0, 0.1) is 0 Å². The number of aliphatic hydroxyl groups excluding tert-OH is 1. The molecule has 11 heteroatoms. The summed E-state index contributed by atoms with van der Waals surface area (Å²) >= 11 is 0. The molecule has 0 bridgehead atoms. The zero-order valence-electron chi connectivity index (χ0n) is 42.8. The number of methoxy groups -OCH3 is 3. The van der Waals surface area contributed by atoms with E-state index in [1.165, 1.54) is 0 Å². The molecule has 10 aromatic rings. The van der Waals surface area contributed by atoms with Crippen molar-refractivity contribution in [2.24, 2.45) is 0 Å².